The van der Waals surface area contributed by atoms with Gasteiger partial charge in [0.05, 0.1) is 32.7 Å². The first-order valence-electron chi connectivity index (χ1n) is 6.15. The van der Waals surface area contributed by atoms with E-state index in [1.54, 1.807) is 0 Å². The molecule has 0 radical (unpaired) electrons. The Hall–Kier alpha value is -0.550. The lowest BCUT2D eigenvalue weighted by molar-refractivity contribution is 0.0770. The second-order valence-electron chi connectivity index (χ2n) is 5.17. The average Bonchev–Trinajstić information content (AvgIpc) is 2.81. The smallest absolute Gasteiger partial charge is 0.178 e. The molecule has 1 aromatic heterocycles. The molecule has 1 saturated heterocycles. The Morgan fingerprint density at radius 2 is 2.11 bits per heavy atom. The highest BCUT2D eigenvalue weighted by Crippen LogP contribution is 2.37. The zero-order valence-electron chi connectivity index (χ0n) is 10.7. The highest BCUT2D eigenvalue weighted by Gasteiger charge is 2.40. The first-order chi connectivity index (χ1) is 8.93. The second kappa shape index (κ2) is 4.48. The van der Waals surface area contributed by atoms with Crippen LogP contribution in [0.2, 0.25) is 10.0 Å². The first kappa shape index (κ1) is 13.4. The maximum Gasteiger partial charge on any atom is 0.178 e. The molecule has 0 saturated carbocycles. The monoisotopic (exact) mass is 316 g/mol. The number of ether oxygens (including phenoxy) is 1. The van der Waals surface area contributed by atoms with E-state index >= 15 is 0 Å². The lowest BCUT2D eigenvalue weighted by atomic mass is 9.94. The summed E-state index contributed by atoms with van der Waals surface area (Å²) in [6.45, 7) is 4.98. The van der Waals surface area contributed by atoms with Crippen molar-refractivity contribution in [3.8, 4) is 0 Å². The Labute approximate surface area is 126 Å². The zero-order valence-corrected chi connectivity index (χ0v) is 13.0. The Kier molecular flexibility index (Phi) is 3.17. The van der Waals surface area contributed by atoms with Crippen LogP contribution in [0.1, 0.15) is 20.3 Å². The first-order valence-corrected chi connectivity index (χ1v) is 7.32. The van der Waals surface area contributed by atoms with Gasteiger partial charge in [-0.05, 0) is 44.6 Å². The van der Waals surface area contributed by atoms with Gasteiger partial charge in [0.15, 0.2) is 4.77 Å². The van der Waals surface area contributed by atoms with Crippen LogP contribution in [0.3, 0.4) is 0 Å². The zero-order chi connectivity index (χ0) is 13.8. The van der Waals surface area contributed by atoms with Gasteiger partial charge < -0.3 is 14.3 Å². The summed E-state index contributed by atoms with van der Waals surface area (Å²) in [7, 11) is 0. The van der Waals surface area contributed by atoms with Crippen LogP contribution in [0.5, 0.6) is 0 Å². The third kappa shape index (κ3) is 1.93. The molecule has 3 rings (SSSR count). The predicted octanol–water partition coefficient (Wildman–Crippen LogP) is 4.53. The van der Waals surface area contributed by atoms with Crippen LogP contribution in [0, 0.1) is 4.77 Å². The van der Waals surface area contributed by atoms with Crippen molar-refractivity contribution in [1.29, 1.82) is 0 Å². The average molecular weight is 317 g/mol. The van der Waals surface area contributed by atoms with Crippen molar-refractivity contribution in [1.82, 2.24) is 9.55 Å². The molecule has 2 atom stereocenters. The van der Waals surface area contributed by atoms with Gasteiger partial charge in [0.2, 0.25) is 0 Å². The van der Waals surface area contributed by atoms with Gasteiger partial charge >= 0.3 is 0 Å². The van der Waals surface area contributed by atoms with E-state index in [9.17, 15) is 0 Å². The van der Waals surface area contributed by atoms with Gasteiger partial charge in [-0.15, -0.1) is 0 Å². The standard InChI is InChI=1S/C13H14Cl2N2OS/c1-7-13(2,3-4-18-7)17-11-6-9(15)8(14)5-10(11)16-12(17)19/h5-7H,3-4H2,1-2H3,(H,16,19). The van der Waals surface area contributed by atoms with Crippen LogP contribution < -0.4 is 0 Å². The van der Waals surface area contributed by atoms with Crippen LogP contribution in [-0.4, -0.2) is 22.3 Å². The summed E-state index contributed by atoms with van der Waals surface area (Å²) in [5.41, 5.74) is 1.71. The maximum atomic E-state index is 6.13. The molecule has 1 aromatic carbocycles. The summed E-state index contributed by atoms with van der Waals surface area (Å²) in [4.78, 5) is 3.20. The van der Waals surface area contributed by atoms with Gasteiger partial charge in [0.1, 0.15) is 0 Å². The fourth-order valence-corrected chi connectivity index (χ4v) is 3.47. The number of H-pyrrole nitrogens is 1. The van der Waals surface area contributed by atoms with E-state index < -0.39 is 0 Å². The van der Waals surface area contributed by atoms with E-state index in [1.165, 1.54) is 0 Å². The number of aromatic nitrogens is 2. The van der Waals surface area contributed by atoms with Crippen LogP contribution >= 0.6 is 35.4 Å². The number of hydrogen-bond acceptors (Lipinski definition) is 2. The van der Waals surface area contributed by atoms with Crippen molar-refractivity contribution in [3.63, 3.8) is 0 Å². The van der Waals surface area contributed by atoms with Crippen molar-refractivity contribution in [2.75, 3.05) is 6.61 Å². The Balaban J connectivity index is 2.32. The van der Waals surface area contributed by atoms with Gasteiger partial charge in [-0.2, -0.15) is 0 Å². The third-order valence-corrected chi connectivity index (χ3v) is 5.09. The van der Waals surface area contributed by atoms with Crippen molar-refractivity contribution in [2.45, 2.75) is 31.9 Å². The summed E-state index contributed by atoms with van der Waals surface area (Å²) >= 11 is 17.7. The minimum atomic E-state index is -0.160. The molecule has 0 aliphatic carbocycles. The Bertz CT molecular complexity index is 708. The molecule has 1 fully saturated rings. The van der Waals surface area contributed by atoms with Gasteiger partial charge in [-0.3, -0.25) is 0 Å². The van der Waals surface area contributed by atoms with E-state index in [1.807, 2.05) is 12.1 Å². The molecule has 0 amide bonds. The molecule has 2 aromatic rings. The summed E-state index contributed by atoms with van der Waals surface area (Å²) in [6, 6.07) is 3.68. The number of fused-ring (bicyclic) bond motifs is 1. The third-order valence-electron chi connectivity index (χ3n) is 4.09. The van der Waals surface area contributed by atoms with E-state index in [2.05, 4.69) is 23.4 Å². The van der Waals surface area contributed by atoms with E-state index in [0.717, 1.165) is 24.1 Å². The molecule has 1 aliphatic heterocycles. The highest BCUT2D eigenvalue weighted by atomic mass is 35.5. The molecular weight excluding hydrogens is 303 g/mol. The molecule has 0 spiro atoms. The highest BCUT2D eigenvalue weighted by molar-refractivity contribution is 7.71. The Morgan fingerprint density at radius 1 is 1.42 bits per heavy atom. The summed E-state index contributed by atoms with van der Waals surface area (Å²) < 4.78 is 8.49. The van der Waals surface area contributed by atoms with E-state index in [0.29, 0.717) is 14.8 Å². The van der Waals surface area contributed by atoms with Crippen molar-refractivity contribution in [2.24, 2.45) is 0 Å². The van der Waals surface area contributed by atoms with Crippen molar-refractivity contribution < 1.29 is 4.74 Å². The number of benzene rings is 1. The lowest BCUT2D eigenvalue weighted by Gasteiger charge is -2.30. The van der Waals surface area contributed by atoms with Crippen molar-refractivity contribution in [3.05, 3.63) is 26.9 Å². The van der Waals surface area contributed by atoms with Crippen LogP contribution in [0.15, 0.2) is 12.1 Å². The number of rotatable bonds is 1. The molecule has 0 bridgehead atoms. The Morgan fingerprint density at radius 3 is 2.74 bits per heavy atom. The maximum absolute atomic E-state index is 6.13. The molecule has 1 aliphatic rings. The van der Waals surface area contributed by atoms with Gasteiger partial charge in [-0.25, -0.2) is 0 Å². The normalized spacial score (nSPS) is 27.3. The predicted molar refractivity (Wildman–Crippen MR) is 80.8 cm³/mol. The molecule has 19 heavy (non-hydrogen) atoms. The molecule has 2 unspecified atom stereocenters. The molecule has 3 nitrogen and oxygen atoms in total. The van der Waals surface area contributed by atoms with Crippen molar-refractivity contribution >= 4 is 46.5 Å². The number of hydrogen-bond donors (Lipinski definition) is 1. The topological polar surface area (TPSA) is 29.9 Å². The minimum Gasteiger partial charge on any atom is -0.376 e. The van der Waals surface area contributed by atoms with E-state index in [4.69, 9.17) is 40.2 Å². The summed E-state index contributed by atoms with van der Waals surface area (Å²) in [6.07, 6.45) is 1.03. The minimum absolute atomic E-state index is 0.104. The number of aromatic amines is 1. The second-order valence-corrected chi connectivity index (χ2v) is 6.37. The number of nitrogens with one attached hydrogen (secondary N) is 1. The number of imidazole rings is 1. The van der Waals surface area contributed by atoms with E-state index in [-0.39, 0.29) is 11.6 Å². The van der Waals surface area contributed by atoms with Gasteiger partial charge in [0, 0.05) is 6.61 Å². The molecule has 102 valence electrons. The summed E-state index contributed by atoms with van der Waals surface area (Å²) in [5.74, 6) is 0. The largest absolute Gasteiger partial charge is 0.376 e. The molecule has 2 heterocycles. The quantitative estimate of drug-likeness (QED) is 0.783. The van der Waals surface area contributed by atoms with Crippen LogP contribution in [-0.2, 0) is 10.3 Å². The molecule has 1 N–H and O–H groups in total. The molecular formula is C13H14Cl2N2OS. The fraction of sp³-hybridized carbons (Fsp3) is 0.462. The number of nitrogens with zero attached hydrogens (tertiary/aromatic N) is 1. The fourth-order valence-electron chi connectivity index (χ4n) is 2.73. The number of halogens is 2. The van der Waals surface area contributed by atoms with Gasteiger partial charge in [-0.1, -0.05) is 23.2 Å². The summed E-state index contributed by atoms with van der Waals surface area (Å²) in [5, 5.41) is 1.06. The van der Waals surface area contributed by atoms with Gasteiger partial charge in [0.25, 0.3) is 0 Å². The van der Waals surface area contributed by atoms with Crippen LogP contribution in [0.4, 0.5) is 0 Å². The molecule has 6 heteroatoms. The lowest BCUT2D eigenvalue weighted by Crippen LogP contribution is -2.36. The SMILES string of the molecule is CC1OCCC1(C)n1c(=S)[nH]c2cc(Cl)c(Cl)cc21. The van der Waals surface area contributed by atoms with Crippen LogP contribution in [0.25, 0.3) is 11.0 Å².